The van der Waals surface area contributed by atoms with E-state index in [1.165, 1.54) is 11.1 Å². The Morgan fingerprint density at radius 2 is 1.90 bits per heavy atom. The summed E-state index contributed by atoms with van der Waals surface area (Å²) in [4.78, 5) is 13.9. The van der Waals surface area contributed by atoms with Crippen molar-refractivity contribution >= 4 is 6.03 Å². The van der Waals surface area contributed by atoms with Crippen LogP contribution in [0.5, 0.6) is 0 Å². The molecular weight excluding hydrogens is 266 g/mol. The average Bonchev–Trinajstić information content (AvgIpc) is 2.40. The topological polar surface area (TPSA) is 53.6 Å². The first kappa shape index (κ1) is 17.5. The van der Waals surface area contributed by atoms with Crippen LogP contribution in [0.1, 0.15) is 24.1 Å². The van der Waals surface area contributed by atoms with Gasteiger partial charge in [0.25, 0.3) is 0 Å². The van der Waals surface area contributed by atoms with Gasteiger partial charge in [0.2, 0.25) is 0 Å². The van der Waals surface area contributed by atoms with E-state index in [0.29, 0.717) is 13.2 Å². The van der Waals surface area contributed by atoms with E-state index < -0.39 is 0 Å². The number of hydrogen-bond acceptors (Lipinski definition) is 3. The minimum absolute atomic E-state index is 0.00724. The average molecular weight is 293 g/mol. The molecule has 1 aromatic rings. The van der Waals surface area contributed by atoms with Crippen molar-refractivity contribution in [2.24, 2.45) is 0 Å². The van der Waals surface area contributed by atoms with Crippen LogP contribution in [0, 0.1) is 6.92 Å². The fourth-order valence-electron chi connectivity index (χ4n) is 2.14. The van der Waals surface area contributed by atoms with Crippen LogP contribution in [0.25, 0.3) is 0 Å². The van der Waals surface area contributed by atoms with E-state index in [2.05, 4.69) is 46.7 Å². The molecule has 0 spiro atoms. The van der Waals surface area contributed by atoms with Crippen molar-refractivity contribution in [3.63, 3.8) is 0 Å². The number of carbonyl (C=O) groups is 1. The van der Waals surface area contributed by atoms with E-state index in [0.717, 1.165) is 0 Å². The first-order valence-corrected chi connectivity index (χ1v) is 7.20. The van der Waals surface area contributed by atoms with Crippen molar-refractivity contribution < 1.29 is 9.53 Å². The van der Waals surface area contributed by atoms with Gasteiger partial charge in [0.1, 0.15) is 0 Å². The molecule has 0 saturated heterocycles. The maximum Gasteiger partial charge on any atom is 0.315 e. The van der Waals surface area contributed by atoms with Crippen molar-refractivity contribution in [1.29, 1.82) is 0 Å². The smallest absolute Gasteiger partial charge is 0.315 e. The number of nitrogens with zero attached hydrogens (tertiary/aromatic N) is 1. The lowest BCUT2D eigenvalue weighted by Crippen LogP contribution is -2.45. The van der Waals surface area contributed by atoms with Crippen molar-refractivity contribution in [2.75, 3.05) is 34.4 Å². The first-order chi connectivity index (χ1) is 9.93. The molecule has 0 aliphatic heterocycles. The van der Waals surface area contributed by atoms with Crippen LogP contribution in [0.2, 0.25) is 0 Å². The highest BCUT2D eigenvalue weighted by Gasteiger charge is 2.15. The van der Waals surface area contributed by atoms with Gasteiger partial charge < -0.3 is 20.3 Å². The molecular formula is C16H27N3O2. The third-order valence-corrected chi connectivity index (χ3v) is 3.34. The Balaban J connectivity index is 2.56. The Hall–Kier alpha value is -1.59. The predicted octanol–water partition coefficient (Wildman–Crippen LogP) is 1.93. The molecule has 0 bridgehead atoms. The SMILES string of the molecule is COC[C@H](C)NC(=O)NC[C@@H](c1ccc(C)cc1)N(C)C. The standard InChI is InChI=1S/C16H27N3O2/c1-12-6-8-14(9-7-12)15(19(3)4)10-17-16(20)18-13(2)11-21-5/h6-9,13,15H,10-11H2,1-5H3,(H2,17,18,20)/t13-,15-/m0/s1. The molecule has 1 rings (SSSR count). The molecule has 5 heteroatoms. The minimum Gasteiger partial charge on any atom is -0.383 e. The van der Waals surface area contributed by atoms with Gasteiger partial charge >= 0.3 is 6.03 Å². The maximum absolute atomic E-state index is 11.8. The largest absolute Gasteiger partial charge is 0.383 e. The normalized spacial score (nSPS) is 13.8. The van der Waals surface area contributed by atoms with Gasteiger partial charge in [-0.25, -0.2) is 4.79 Å². The van der Waals surface area contributed by atoms with E-state index in [1.807, 2.05) is 21.0 Å². The lowest BCUT2D eigenvalue weighted by molar-refractivity contribution is 0.170. The fourth-order valence-corrected chi connectivity index (χ4v) is 2.14. The van der Waals surface area contributed by atoms with Gasteiger partial charge in [-0.05, 0) is 33.5 Å². The van der Waals surface area contributed by atoms with Crippen LogP contribution in [-0.2, 0) is 4.74 Å². The van der Waals surface area contributed by atoms with Crippen molar-refractivity contribution in [2.45, 2.75) is 25.9 Å². The van der Waals surface area contributed by atoms with Gasteiger partial charge in [-0.3, -0.25) is 0 Å². The summed E-state index contributed by atoms with van der Waals surface area (Å²) in [6.45, 7) is 5.04. The van der Waals surface area contributed by atoms with E-state index in [-0.39, 0.29) is 18.1 Å². The summed E-state index contributed by atoms with van der Waals surface area (Å²) in [6.07, 6.45) is 0. The van der Waals surface area contributed by atoms with E-state index in [9.17, 15) is 4.79 Å². The van der Waals surface area contributed by atoms with Crippen LogP contribution >= 0.6 is 0 Å². The van der Waals surface area contributed by atoms with Crippen LogP contribution < -0.4 is 10.6 Å². The Morgan fingerprint density at radius 1 is 1.29 bits per heavy atom. The molecule has 0 saturated carbocycles. The Bertz CT molecular complexity index is 432. The third-order valence-electron chi connectivity index (χ3n) is 3.34. The number of hydrogen-bond donors (Lipinski definition) is 2. The molecule has 1 aromatic carbocycles. The summed E-state index contributed by atoms with van der Waals surface area (Å²) >= 11 is 0. The molecule has 2 N–H and O–H groups in total. The van der Waals surface area contributed by atoms with Gasteiger partial charge in [0.15, 0.2) is 0 Å². The highest BCUT2D eigenvalue weighted by molar-refractivity contribution is 5.74. The summed E-state index contributed by atoms with van der Waals surface area (Å²) in [5, 5.41) is 5.76. The second-order valence-electron chi connectivity index (χ2n) is 5.60. The first-order valence-electron chi connectivity index (χ1n) is 7.20. The number of nitrogens with one attached hydrogen (secondary N) is 2. The lowest BCUT2D eigenvalue weighted by atomic mass is 10.0. The van der Waals surface area contributed by atoms with Gasteiger partial charge in [-0.2, -0.15) is 0 Å². The number of urea groups is 1. The number of likely N-dealkylation sites (N-methyl/N-ethyl adjacent to an activating group) is 1. The molecule has 0 aliphatic carbocycles. The monoisotopic (exact) mass is 293 g/mol. The van der Waals surface area contributed by atoms with Gasteiger partial charge in [-0.1, -0.05) is 29.8 Å². The van der Waals surface area contributed by atoms with Crippen LogP contribution in [0.15, 0.2) is 24.3 Å². The zero-order valence-electron chi connectivity index (χ0n) is 13.6. The molecule has 0 radical (unpaired) electrons. The van der Waals surface area contributed by atoms with Crippen LogP contribution in [0.4, 0.5) is 4.79 Å². The van der Waals surface area contributed by atoms with Crippen molar-refractivity contribution in [3.8, 4) is 0 Å². The number of ether oxygens (including phenoxy) is 1. The molecule has 0 fully saturated rings. The molecule has 21 heavy (non-hydrogen) atoms. The Morgan fingerprint density at radius 3 is 2.43 bits per heavy atom. The van der Waals surface area contributed by atoms with Crippen molar-refractivity contribution in [3.05, 3.63) is 35.4 Å². The van der Waals surface area contributed by atoms with Gasteiger partial charge in [-0.15, -0.1) is 0 Å². The molecule has 2 amide bonds. The Labute approximate surface area is 127 Å². The second-order valence-corrected chi connectivity index (χ2v) is 5.60. The van der Waals surface area contributed by atoms with Crippen molar-refractivity contribution in [1.82, 2.24) is 15.5 Å². The number of methoxy groups -OCH3 is 1. The minimum atomic E-state index is -0.168. The van der Waals surface area contributed by atoms with E-state index in [4.69, 9.17) is 4.74 Å². The number of carbonyl (C=O) groups excluding carboxylic acids is 1. The predicted molar refractivity (Wildman–Crippen MR) is 85.5 cm³/mol. The highest BCUT2D eigenvalue weighted by atomic mass is 16.5. The fraction of sp³-hybridized carbons (Fsp3) is 0.562. The van der Waals surface area contributed by atoms with Crippen LogP contribution in [0.3, 0.4) is 0 Å². The summed E-state index contributed by atoms with van der Waals surface area (Å²) < 4.78 is 5.00. The lowest BCUT2D eigenvalue weighted by Gasteiger charge is -2.25. The molecule has 0 aliphatic rings. The Kier molecular flexibility index (Phi) is 7.19. The summed E-state index contributed by atoms with van der Waals surface area (Å²) in [7, 11) is 5.64. The summed E-state index contributed by atoms with van der Waals surface area (Å²) in [6, 6.07) is 8.36. The molecule has 0 unspecified atom stereocenters. The number of benzene rings is 1. The molecule has 5 nitrogen and oxygen atoms in total. The number of rotatable bonds is 7. The van der Waals surface area contributed by atoms with Gasteiger partial charge in [0, 0.05) is 13.7 Å². The molecule has 0 aromatic heterocycles. The zero-order chi connectivity index (χ0) is 15.8. The third kappa shape index (κ3) is 6.14. The summed E-state index contributed by atoms with van der Waals surface area (Å²) in [5.41, 5.74) is 2.42. The molecule has 2 atom stereocenters. The zero-order valence-corrected chi connectivity index (χ0v) is 13.6. The number of aryl methyl sites for hydroxylation is 1. The number of amides is 2. The second kappa shape index (κ2) is 8.64. The summed E-state index contributed by atoms with van der Waals surface area (Å²) in [5.74, 6) is 0. The molecule has 118 valence electrons. The maximum atomic E-state index is 11.8. The van der Waals surface area contributed by atoms with Crippen LogP contribution in [-0.4, -0.2) is 51.3 Å². The van der Waals surface area contributed by atoms with E-state index in [1.54, 1.807) is 7.11 Å². The van der Waals surface area contributed by atoms with Gasteiger partial charge in [0.05, 0.1) is 18.7 Å². The highest BCUT2D eigenvalue weighted by Crippen LogP contribution is 2.17. The quantitative estimate of drug-likeness (QED) is 0.808. The molecule has 0 heterocycles. The van der Waals surface area contributed by atoms with E-state index >= 15 is 0 Å².